The van der Waals surface area contributed by atoms with Gasteiger partial charge in [0.05, 0.1) is 16.8 Å². The molecule has 0 aliphatic heterocycles. The zero-order chi connectivity index (χ0) is 22.7. The number of rotatable bonds is 11. The number of carbonyl (C=O) groups excluding carboxylic acids is 1. The molecule has 1 aliphatic carbocycles. The van der Waals surface area contributed by atoms with Crippen LogP contribution in [0.5, 0.6) is 5.75 Å². The van der Waals surface area contributed by atoms with Crippen molar-refractivity contribution in [3.05, 3.63) is 63.3 Å². The van der Waals surface area contributed by atoms with Gasteiger partial charge in [-0.1, -0.05) is 23.5 Å². The number of Topliss-reactive ketones (excluding diaryl/α,β-unsaturated/α-hetero) is 1. The van der Waals surface area contributed by atoms with Crippen LogP contribution < -0.4 is 9.61 Å². The molecule has 1 heterocycles. The van der Waals surface area contributed by atoms with Crippen LogP contribution in [0, 0.1) is 5.92 Å². The summed E-state index contributed by atoms with van der Waals surface area (Å²) in [6.45, 7) is 2.81. The summed E-state index contributed by atoms with van der Waals surface area (Å²) in [6.07, 6.45) is 1.33. The smallest absolute Gasteiger partial charge is 0.333 e. The second-order valence-corrected chi connectivity index (χ2v) is 8.81. The number of carboxylic acids is 1. The lowest BCUT2D eigenvalue weighted by molar-refractivity contribution is -0.149. The van der Waals surface area contributed by atoms with Crippen molar-refractivity contribution in [1.82, 2.24) is 4.57 Å². The van der Waals surface area contributed by atoms with E-state index in [1.54, 1.807) is 29.7 Å². The molecule has 0 spiro atoms. The van der Waals surface area contributed by atoms with E-state index in [-0.39, 0.29) is 23.0 Å². The normalized spacial score (nSPS) is 14.4. The van der Waals surface area contributed by atoms with Crippen LogP contribution in [0.25, 0.3) is 10.2 Å². The Labute approximate surface area is 189 Å². The fraction of sp³-hybridized carbons (Fsp3) is 0.375. The van der Waals surface area contributed by atoms with Crippen LogP contribution in [0.15, 0.2) is 47.3 Å². The van der Waals surface area contributed by atoms with E-state index in [0.717, 1.165) is 40.0 Å². The highest BCUT2D eigenvalue weighted by molar-refractivity contribution is 7.16. The monoisotopic (exact) mass is 455 g/mol. The van der Waals surface area contributed by atoms with Crippen molar-refractivity contribution in [3.63, 3.8) is 0 Å². The minimum atomic E-state index is -0.982. The highest BCUT2D eigenvalue weighted by atomic mass is 32.1. The van der Waals surface area contributed by atoms with Crippen molar-refractivity contribution in [3.8, 4) is 5.75 Å². The molecule has 1 saturated carbocycles. The first-order valence-corrected chi connectivity index (χ1v) is 11.5. The first kappa shape index (κ1) is 22.2. The summed E-state index contributed by atoms with van der Waals surface area (Å²) < 4.78 is 13.5. The number of carboxylic acid groups (broad SMARTS) is 1. The van der Waals surface area contributed by atoms with E-state index in [1.807, 2.05) is 24.3 Å². The third-order valence-corrected chi connectivity index (χ3v) is 6.41. The topological polar surface area (TPSA) is 94.8 Å². The molecule has 1 unspecified atom stereocenters. The van der Waals surface area contributed by atoms with Crippen molar-refractivity contribution in [2.45, 2.75) is 38.8 Å². The van der Waals surface area contributed by atoms with E-state index >= 15 is 0 Å². The Hall–Kier alpha value is -2.97. The molecule has 1 atom stereocenters. The van der Waals surface area contributed by atoms with Gasteiger partial charge >= 0.3 is 10.8 Å². The van der Waals surface area contributed by atoms with Crippen LogP contribution in [0.2, 0.25) is 0 Å². The Bertz CT molecular complexity index is 1180. The van der Waals surface area contributed by atoms with Gasteiger partial charge in [-0.25, -0.2) is 4.79 Å². The fourth-order valence-corrected chi connectivity index (χ4v) is 4.58. The van der Waals surface area contributed by atoms with Crippen molar-refractivity contribution in [2.24, 2.45) is 5.92 Å². The number of hydrogen-bond donors (Lipinski definition) is 1. The highest BCUT2D eigenvalue weighted by Gasteiger charge is 2.30. The lowest BCUT2D eigenvalue weighted by Crippen LogP contribution is -2.26. The van der Waals surface area contributed by atoms with Gasteiger partial charge in [-0.2, -0.15) is 0 Å². The van der Waals surface area contributed by atoms with Gasteiger partial charge in [-0.3, -0.25) is 14.2 Å². The molecule has 0 saturated heterocycles. The number of hydrogen-bond acceptors (Lipinski definition) is 6. The summed E-state index contributed by atoms with van der Waals surface area (Å²) in [5.41, 5.74) is 2.33. The van der Waals surface area contributed by atoms with Crippen LogP contribution >= 0.6 is 11.3 Å². The van der Waals surface area contributed by atoms with Crippen molar-refractivity contribution < 1.29 is 24.2 Å². The molecule has 0 amide bonds. The van der Waals surface area contributed by atoms with Crippen LogP contribution in [0.3, 0.4) is 0 Å². The van der Waals surface area contributed by atoms with Gasteiger partial charge in [0.15, 0.2) is 11.9 Å². The van der Waals surface area contributed by atoms with E-state index in [2.05, 4.69) is 0 Å². The Kier molecular flexibility index (Phi) is 6.72. The van der Waals surface area contributed by atoms with Crippen LogP contribution in [0.1, 0.15) is 35.7 Å². The first-order valence-electron chi connectivity index (χ1n) is 10.7. The molecule has 0 radical (unpaired) electrons. The van der Waals surface area contributed by atoms with Crippen LogP contribution in [-0.4, -0.2) is 40.7 Å². The summed E-state index contributed by atoms with van der Waals surface area (Å²) in [4.78, 5) is 35.9. The molecule has 168 valence electrons. The predicted molar refractivity (Wildman–Crippen MR) is 122 cm³/mol. The van der Waals surface area contributed by atoms with Crippen molar-refractivity contribution in [1.29, 1.82) is 0 Å². The van der Waals surface area contributed by atoms with Crippen LogP contribution in [-0.2, 0) is 22.5 Å². The minimum absolute atomic E-state index is 0.0781. The lowest BCUT2D eigenvalue weighted by Gasteiger charge is -2.13. The Morgan fingerprint density at radius 3 is 2.59 bits per heavy atom. The lowest BCUT2D eigenvalue weighted by atomic mass is 10.1. The number of nitrogens with zero attached hydrogens (tertiary/aromatic N) is 1. The number of fused-ring (bicyclic) bond motifs is 1. The largest absolute Gasteiger partial charge is 0.492 e. The molecule has 1 aromatic heterocycles. The van der Waals surface area contributed by atoms with Gasteiger partial charge in [-0.05, 0) is 55.7 Å². The van der Waals surface area contributed by atoms with Gasteiger partial charge in [0.2, 0.25) is 0 Å². The molecule has 7 nitrogen and oxygen atoms in total. The Morgan fingerprint density at radius 1 is 1.19 bits per heavy atom. The molecule has 1 fully saturated rings. The van der Waals surface area contributed by atoms with Crippen molar-refractivity contribution >= 4 is 33.3 Å². The minimum Gasteiger partial charge on any atom is -0.492 e. The molecule has 4 rings (SSSR count). The average Bonchev–Trinajstić information content (AvgIpc) is 3.58. The molecular formula is C24H25NO6S. The first-order chi connectivity index (χ1) is 15.5. The Morgan fingerprint density at radius 2 is 1.94 bits per heavy atom. The summed E-state index contributed by atoms with van der Waals surface area (Å²) in [7, 11) is 0. The predicted octanol–water partition coefficient (Wildman–Crippen LogP) is 3.77. The van der Waals surface area contributed by atoms with Gasteiger partial charge < -0.3 is 14.6 Å². The zero-order valence-corrected chi connectivity index (χ0v) is 18.6. The third kappa shape index (κ3) is 5.08. The van der Waals surface area contributed by atoms with E-state index in [0.29, 0.717) is 31.1 Å². The third-order valence-electron chi connectivity index (χ3n) is 5.47. The zero-order valence-electron chi connectivity index (χ0n) is 17.8. The average molecular weight is 456 g/mol. The second-order valence-electron chi connectivity index (χ2n) is 7.82. The molecule has 1 N–H and O–H groups in total. The summed E-state index contributed by atoms with van der Waals surface area (Å²) >= 11 is 1.14. The molecular weight excluding hydrogens is 430 g/mol. The van der Waals surface area contributed by atoms with Gasteiger partial charge in [0.1, 0.15) is 12.4 Å². The van der Waals surface area contributed by atoms with E-state index in [1.165, 1.54) is 0 Å². The summed E-state index contributed by atoms with van der Waals surface area (Å²) in [5, 5.41) is 9.20. The quantitative estimate of drug-likeness (QED) is 0.442. The SMILES string of the molecule is CCOC(Cc1ccc(OCCn2c(=O)sc3cc(C(=O)C4CC4)ccc32)cc1)C(=O)O. The number of aromatic nitrogens is 1. The number of benzene rings is 2. The Balaban J connectivity index is 1.37. The van der Waals surface area contributed by atoms with Gasteiger partial charge in [0, 0.05) is 24.5 Å². The standard InChI is InChI=1S/C24H25NO6S/c1-2-30-20(23(27)28)13-15-3-8-18(9-4-15)31-12-11-25-19-10-7-17(22(26)16-5-6-16)14-21(19)32-24(25)29/h3-4,7-10,14,16,20H,2,5-6,11-13H2,1H3,(H,27,28). The summed E-state index contributed by atoms with van der Waals surface area (Å²) in [6, 6.07) is 12.7. The number of thiazole rings is 1. The fourth-order valence-electron chi connectivity index (χ4n) is 3.62. The number of ether oxygens (including phenoxy) is 2. The van der Waals surface area contributed by atoms with Gasteiger partial charge in [-0.15, -0.1) is 0 Å². The van der Waals surface area contributed by atoms with Gasteiger partial charge in [0.25, 0.3) is 0 Å². The molecule has 32 heavy (non-hydrogen) atoms. The molecule has 1 aliphatic rings. The maximum Gasteiger partial charge on any atom is 0.333 e. The molecule has 8 heteroatoms. The van der Waals surface area contributed by atoms with E-state index in [9.17, 15) is 19.5 Å². The van der Waals surface area contributed by atoms with E-state index < -0.39 is 12.1 Å². The number of ketones is 1. The maximum absolute atomic E-state index is 12.4. The molecule has 0 bridgehead atoms. The summed E-state index contributed by atoms with van der Waals surface area (Å²) in [5.74, 6) is -0.0196. The van der Waals surface area contributed by atoms with E-state index in [4.69, 9.17) is 9.47 Å². The van der Waals surface area contributed by atoms with Crippen molar-refractivity contribution in [2.75, 3.05) is 13.2 Å². The molecule has 3 aromatic rings. The molecule has 2 aromatic carbocycles. The number of aliphatic carboxylic acids is 1. The maximum atomic E-state index is 12.4. The second kappa shape index (κ2) is 9.67. The van der Waals surface area contributed by atoms with Crippen LogP contribution in [0.4, 0.5) is 0 Å². The number of carbonyl (C=O) groups is 2. The highest BCUT2D eigenvalue weighted by Crippen LogP contribution is 2.33.